The van der Waals surface area contributed by atoms with Gasteiger partial charge in [0.05, 0.1) is 25.9 Å². The van der Waals surface area contributed by atoms with Crippen molar-refractivity contribution in [3.63, 3.8) is 0 Å². The number of hydrogen-bond acceptors (Lipinski definition) is 3. The summed E-state index contributed by atoms with van der Waals surface area (Å²) < 4.78 is 10.7. The topological polar surface area (TPSA) is 30.5 Å². The first kappa shape index (κ1) is 16.2. The minimum atomic E-state index is 0.260. The van der Waals surface area contributed by atoms with E-state index < -0.39 is 0 Å². The molecule has 0 radical (unpaired) electrons. The molecular formula is C16H27NO2. The number of methoxy groups -OCH3 is 1. The molecule has 0 aliphatic heterocycles. The van der Waals surface area contributed by atoms with E-state index in [-0.39, 0.29) is 6.04 Å². The lowest BCUT2D eigenvalue weighted by Gasteiger charge is -2.20. The van der Waals surface area contributed by atoms with E-state index in [9.17, 15) is 0 Å². The van der Waals surface area contributed by atoms with E-state index in [2.05, 4.69) is 44.3 Å². The second kappa shape index (κ2) is 9.08. The van der Waals surface area contributed by atoms with Crippen molar-refractivity contribution >= 4 is 0 Å². The zero-order valence-electron chi connectivity index (χ0n) is 12.7. The van der Waals surface area contributed by atoms with Crippen LogP contribution < -0.4 is 5.32 Å². The van der Waals surface area contributed by atoms with Gasteiger partial charge in [0, 0.05) is 7.11 Å². The van der Waals surface area contributed by atoms with Crippen LogP contribution in [-0.4, -0.2) is 33.5 Å². The lowest BCUT2D eigenvalue weighted by atomic mass is 10.0. The van der Waals surface area contributed by atoms with Gasteiger partial charge in [0.15, 0.2) is 0 Å². The normalized spacial score (nSPS) is 12.6. The Bertz CT molecular complexity index is 366. The van der Waals surface area contributed by atoms with Crippen molar-refractivity contribution in [2.24, 2.45) is 0 Å². The second-order valence-electron chi connectivity index (χ2n) is 4.92. The highest BCUT2D eigenvalue weighted by molar-refractivity contribution is 5.31. The predicted molar refractivity (Wildman–Crippen MR) is 79.6 cm³/mol. The molecule has 0 saturated heterocycles. The molecule has 19 heavy (non-hydrogen) atoms. The maximum absolute atomic E-state index is 5.67. The van der Waals surface area contributed by atoms with Gasteiger partial charge in [-0.25, -0.2) is 0 Å². The summed E-state index contributed by atoms with van der Waals surface area (Å²) in [4.78, 5) is 0. The largest absolute Gasteiger partial charge is 0.382 e. The molecule has 3 nitrogen and oxygen atoms in total. The summed E-state index contributed by atoms with van der Waals surface area (Å²) in [6, 6.07) is 6.88. The third-order valence-electron chi connectivity index (χ3n) is 3.29. The lowest BCUT2D eigenvalue weighted by Crippen LogP contribution is -2.27. The first-order valence-corrected chi connectivity index (χ1v) is 7.06. The van der Waals surface area contributed by atoms with Crippen LogP contribution in [-0.2, 0) is 9.47 Å². The first-order chi connectivity index (χ1) is 9.19. The third kappa shape index (κ3) is 5.72. The van der Waals surface area contributed by atoms with E-state index in [4.69, 9.17) is 9.47 Å². The summed E-state index contributed by atoms with van der Waals surface area (Å²) in [5.74, 6) is 0. The zero-order valence-corrected chi connectivity index (χ0v) is 12.7. The van der Waals surface area contributed by atoms with Gasteiger partial charge in [0.25, 0.3) is 0 Å². The molecule has 1 atom stereocenters. The molecule has 0 aliphatic carbocycles. The van der Waals surface area contributed by atoms with Crippen molar-refractivity contribution in [3.8, 4) is 0 Å². The lowest BCUT2D eigenvalue weighted by molar-refractivity contribution is 0.0586. The van der Waals surface area contributed by atoms with Gasteiger partial charge in [-0.1, -0.05) is 25.1 Å². The molecule has 108 valence electrons. The molecule has 0 heterocycles. The Hall–Kier alpha value is -0.900. The van der Waals surface area contributed by atoms with Crippen LogP contribution in [0.2, 0.25) is 0 Å². The van der Waals surface area contributed by atoms with Crippen molar-refractivity contribution in [2.45, 2.75) is 33.2 Å². The number of ether oxygens (including phenoxy) is 2. The highest BCUT2D eigenvalue weighted by Crippen LogP contribution is 2.17. The fourth-order valence-electron chi connectivity index (χ4n) is 1.92. The van der Waals surface area contributed by atoms with E-state index in [1.807, 2.05) is 0 Å². The molecule has 0 fully saturated rings. The maximum atomic E-state index is 5.67. The Kier molecular flexibility index (Phi) is 7.72. The quantitative estimate of drug-likeness (QED) is 0.696. The van der Waals surface area contributed by atoms with E-state index in [1.54, 1.807) is 7.11 Å². The molecule has 0 aliphatic rings. The molecule has 1 rings (SSSR count). The monoisotopic (exact) mass is 265 g/mol. The molecule has 0 saturated carbocycles. The van der Waals surface area contributed by atoms with Crippen molar-refractivity contribution in [3.05, 3.63) is 34.9 Å². The maximum Gasteiger partial charge on any atom is 0.0701 e. The van der Waals surface area contributed by atoms with Gasteiger partial charge in [0.1, 0.15) is 0 Å². The summed E-state index contributed by atoms with van der Waals surface area (Å²) >= 11 is 0. The van der Waals surface area contributed by atoms with E-state index >= 15 is 0 Å². The van der Waals surface area contributed by atoms with Crippen LogP contribution in [0.1, 0.15) is 36.1 Å². The standard InChI is InChI=1S/C16H27NO2/c1-5-8-17-16(12-19-10-9-18-4)15-7-6-13(2)14(3)11-15/h6-7,11,16-17H,5,8-10,12H2,1-4H3. The molecule has 1 unspecified atom stereocenters. The molecule has 0 aromatic heterocycles. The molecule has 1 aromatic rings. The smallest absolute Gasteiger partial charge is 0.0701 e. The van der Waals surface area contributed by atoms with Crippen LogP contribution in [0, 0.1) is 13.8 Å². The van der Waals surface area contributed by atoms with Crippen LogP contribution in [0.5, 0.6) is 0 Å². The Labute approximate surface area is 117 Å². The number of hydrogen-bond donors (Lipinski definition) is 1. The van der Waals surface area contributed by atoms with E-state index in [0.717, 1.165) is 13.0 Å². The Morgan fingerprint density at radius 3 is 2.58 bits per heavy atom. The van der Waals surface area contributed by atoms with Gasteiger partial charge in [-0.2, -0.15) is 0 Å². The highest BCUT2D eigenvalue weighted by atomic mass is 16.5. The Morgan fingerprint density at radius 1 is 1.16 bits per heavy atom. The summed E-state index contributed by atoms with van der Waals surface area (Å²) in [5.41, 5.74) is 3.96. The summed E-state index contributed by atoms with van der Waals surface area (Å²) in [6.07, 6.45) is 1.12. The minimum absolute atomic E-state index is 0.260. The number of aryl methyl sites for hydroxylation is 2. The minimum Gasteiger partial charge on any atom is -0.382 e. The number of rotatable bonds is 9. The predicted octanol–water partition coefficient (Wildman–Crippen LogP) is 3.01. The van der Waals surface area contributed by atoms with Gasteiger partial charge in [0.2, 0.25) is 0 Å². The fourth-order valence-corrected chi connectivity index (χ4v) is 1.92. The van der Waals surface area contributed by atoms with E-state index in [1.165, 1.54) is 16.7 Å². The molecule has 1 aromatic carbocycles. The van der Waals surface area contributed by atoms with Crippen LogP contribution >= 0.6 is 0 Å². The Balaban J connectivity index is 2.63. The van der Waals surface area contributed by atoms with Crippen LogP contribution in [0.15, 0.2) is 18.2 Å². The summed E-state index contributed by atoms with van der Waals surface area (Å²) in [5, 5.41) is 3.54. The molecule has 0 spiro atoms. The summed E-state index contributed by atoms with van der Waals surface area (Å²) in [7, 11) is 1.69. The average Bonchev–Trinajstić information content (AvgIpc) is 2.41. The molecule has 1 N–H and O–H groups in total. The van der Waals surface area contributed by atoms with Crippen LogP contribution in [0.4, 0.5) is 0 Å². The second-order valence-corrected chi connectivity index (χ2v) is 4.92. The molecule has 0 bridgehead atoms. The van der Waals surface area contributed by atoms with Crippen molar-refractivity contribution < 1.29 is 9.47 Å². The SMILES string of the molecule is CCCNC(COCCOC)c1ccc(C)c(C)c1. The zero-order chi connectivity index (χ0) is 14.1. The number of benzene rings is 1. The average molecular weight is 265 g/mol. The van der Waals surface area contributed by atoms with Gasteiger partial charge >= 0.3 is 0 Å². The van der Waals surface area contributed by atoms with Crippen LogP contribution in [0.3, 0.4) is 0 Å². The first-order valence-electron chi connectivity index (χ1n) is 7.06. The van der Waals surface area contributed by atoms with Crippen molar-refractivity contribution in [1.82, 2.24) is 5.32 Å². The van der Waals surface area contributed by atoms with Gasteiger partial charge in [-0.3, -0.25) is 0 Å². The fraction of sp³-hybridized carbons (Fsp3) is 0.625. The number of nitrogens with one attached hydrogen (secondary N) is 1. The van der Waals surface area contributed by atoms with Crippen LogP contribution in [0.25, 0.3) is 0 Å². The highest BCUT2D eigenvalue weighted by Gasteiger charge is 2.11. The van der Waals surface area contributed by atoms with Crippen molar-refractivity contribution in [2.75, 3.05) is 33.5 Å². The third-order valence-corrected chi connectivity index (χ3v) is 3.29. The van der Waals surface area contributed by atoms with Gasteiger partial charge in [-0.05, 0) is 43.5 Å². The summed E-state index contributed by atoms with van der Waals surface area (Å²) in [6.45, 7) is 9.45. The van der Waals surface area contributed by atoms with Gasteiger partial charge in [-0.15, -0.1) is 0 Å². The van der Waals surface area contributed by atoms with Crippen molar-refractivity contribution in [1.29, 1.82) is 0 Å². The molecule has 3 heteroatoms. The van der Waals surface area contributed by atoms with E-state index in [0.29, 0.717) is 19.8 Å². The molecule has 0 amide bonds. The molecular weight excluding hydrogens is 238 g/mol. The Morgan fingerprint density at radius 2 is 1.95 bits per heavy atom. The van der Waals surface area contributed by atoms with Gasteiger partial charge < -0.3 is 14.8 Å².